The zero-order chi connectivity index (χ0) is 22.1. The molecule has 0 amide bonds. The second kappa shape index (κ2) is 9.46. The highest BCUT2D eigenvalue weighted by Gasteiger charge is 2.33. The number of aromatic nitrogens is 3. The highest BCUT2D eigenvalue weighted by Crippen LogP contribution is 2.41. The third-order valence-corrected chi connectivity index (χ3v) is 8.24. The topological polar surface area (TPSA) is 69.1 Å². The van der Waals surface area contributed by atoms with Crippen LogP contribution in [0.1, 0.15) is 91.5 Å². The number of hydrogen-bond donors (Lipinski definition) is 1. The van der Waals surface area contributed by atoms with Crippen LogP contribution in [0.25, 0.3) is 5.00 Å². The first-order valence-electron chi connectivity index (χ1n) is 11.8. The van der Waals surface area contributed by atoms with Crippen LogP contribution in [0.2, 0.25) is 5.02 Å². The molecule has 1 aromatic carbocycles. The van der Waals surface area contributed by atoms with Gasteiger partial charge >= 0.3 is 0 Å². The smallest absolute Gasteiger partial charge is 0.163 e. The fourth-order valence-corrected chi connectivity index (χ4v) is 6.29. The Bertz CT molecular complexity index is 1130. The Morgan fingerprint density at radius 1 is 1.09 bits per heavy atom. The molecule has 1 atom stereocenters. The van der Waals surface area contributed by atoms with Gasteiger partial charge in [-0.1, -0.05) is 56.0 Å². The minimum Gasteiger partial charge on any atom is -0.330 e. The monoisotopic (exact) mass is 467 g/mol. The van der Waals surface area contributed by atoms with E-state index < -0.39 is 0 Å². The first kappa shape index (κ1) is 21.8. The van der Waals surface area contributed by atoms with Crippen LogP contribution in [-0.2, 0) is 6.42 Å². The third kappa shape index (κ3) is 3.93. The summed E-state index contributed by atoms with van der Waals surface area (Å²) < 4.78 is 2.35. The van der Waals surface area contributed by atoms with Crippen LogP contribution < -0.4 is 5.73 Å². The molecule has 0 radical (unpaired) electrons. The number of benzene rings is 1. The molecule has 1 unspecified atom stereocenters. The molecule has 3 heterocycles. The van der Waals surface area contributed by atoms with Crippen molar-refractivity contribution >= 4 is 28.6 Å². The zero-order valence-electron chi connectivity index (χ0n) is 18.6. The van der Waals surface area contributed by atoms with E-state index in [0.717, 1.165) is 52.8 Å². The Labute approximate surface area is 198 Å². The van der Waals surface area contributed by atoms with E-state index in [9.17, 15) is 0 Å². The molecule has 2 aliphatic rings. The van der Waals surface area contributed by atoms with E-state index >= 15 is 0 Å². The maximum Gasteiger partial charge on any atom is 0.163 e. The number of rotatable bonds is 6. The molecule has 32 heavy (non-hydrogen) atoms. The van der Waals surface area contributed by atoms with E-state index in [0.29, 0.717) is 12.5 Å². The van der Waals surface area contributed by atoms with Crippen molar-refractivity contribution in [1.29, 1.82) is 0 Å². The molecule has 0 bridgehead atoms. The summed E-state index contributed by atoms with van der Waals surface area (Å²) in [5.74, 6) is 2.52. The van der Waals surface area contributed by atoms with Crippen molar-refractivity contribution in [3.8, 4) is 5.00 Å². The maximum atomic E-state index is 6.68. The van der Waals surface area contributed by atoms with Gasteiger partial charge in [-0.25, -0.2) is 0 Å². The standard InChI is InChI=1S/C25H30ClN5S/c1-2-17-15-19-22(18-11-6-7-12-20(18)26)28-21(13-8-14-27)24-30-29-23(31(24)25(19)32-17)16-9-4-3-5-10-16/h6-7,11-12,15-16,21H,2-5,8-10,13-14,27H2,1H3. The largest absolute Gasteiger partial charge is 0.330 e. The highest BCUT2D eigenvalue weighted by molar-refractivity contribution is 7.15. The van der Waals surface area contributed by atoms with Gasteiger partial charge in [0.05, 0.1) is 5.71 Å². The van der Waals surface area contributed by atoms with E-state index in [-0.39, 0.29) is 6.04 Å². The van der Waals surface area contributed by atoms with Crippen molar-refractivity contribution in [3.05, 3.63) is 63.0 Å². The molecule has 2 aromatic heterocycles. The Morgan fingerprint density at radius 3 is 2.62 bits per heavy atom. The molecule has 1 saturated carbocycles. The molecule has 5 nitrogen and oxygen atoms in total. The quantitative estimate of drug-likeness (QED) is 0.467. The average molecular weight is 468 g/mol. The molecule has 0 saturated heterocycles. The minimum absolute atomic E-state index is 0.0839. The molecule has 3 aromatic rings. The van der Waals surface area contributed by atoms with E-state index in [1.807, 2.05) is 29.5 Å². The Hall–Kier alpha value is -2.02. The SMILES string of the molecule is CCc1cc2c(s1)-n1c(C3CCCCC3)nnc1C(CCCN)N=C2c1ccccc1Cl. The molecule has 1 aliphatic carbocycles. The zero-order valence-corrected chi connectivity index (χ0v) is 20.1. The molecule has 7 heteroatoms. The minimum atomic E-state index is -0.0839. The molecule has 2 N–H and O–H groups in total. The van der Waals surface area contributed by atoms with E-state index in [1.165, 1.54) is 42.0 Å². The van der Waals surface area contributed by atoms with Gasteiger partial charge in [-0.2, -0.15) is 0 Å². The summed E-state index contributed by atoms with van der Waals surface area (Å²) in [6, 6.07) is 10.2. The number of halogens is 1. The molecule has 5 rings (SSSR count). The molecule has 1 aliphatic heterocycles. The van der Waals surface area contributed by atoms with Crippen molar-refractivity contribution < 1.29 is 0 Å². The van der Waals surface area contributed by atoms with E-state index in [2.05, 4.69) is 23.6 Å². The lowest BCUT2D eigenvalue weighted by molar-refractivity contribution is 0.424. The Kier molecular flexibility index (Phi) is 6.44. The lowest BCUT2D eigenvalue weighted by atomic mass is 9.88. The van der Waals surface area contributed by atoms with Crippen LogP contribution in [0, 0.1) is 0 Å². The van der Waals surface area contributed by atoms with Crippen LogP contribution in [0.5, 0.6) is 0 Å². The van der Waals surface area contributed by atoms with Gasteiger partial charge in [0.1, 0.15) is 16.9 Å². The third-order valence-electron chi connectivity index (χ3n) is 6.65. The number of nitrogens with zero attached hydrogens (tertiary/aromatic N) is 4. The van der Waals surface area contributed by atoms with Crippen LogP contribution in [0.15, 0.2) is 35.3 Å². The lowest BCUT2D eigenvalue weighted by Gasteiger charge is -2.22. The number of nitrogens with two attached hydrogens (primary N) is 1. The van der Waals surface area contributed by atoms with Crippen LogP contribution >= 0.6 is 22.9 Å². The van der Waals surface area contributed by atoms with Crippen LogP contribution in [0.3, 0.4) is 0 Å². The van der Waals surface area contributed by atoms with Gasteiger partial charge in [0.2, 0.25) is 0 Å². The first-order chi connectivity index (χ1) is 15.7. The lowest BCUT2D eigenvalue weighted by Crippen LogP contribution is -2.13. The first-order valence-corrected chi connectivity index (χ1v) is 13.0. The summed E-state index contributed by atoms with van der Waals surface area (Å²) in [6.45, 7) is 2.84. The van der Waals surface area contributed by atoms with E-state index in [1.54, 1.807) is 0 Å². The number of fused-ring (bicyclic) bond motifs is 3. The normalized spacial score (nSPS) is 18.7. The second-order valence-corrected chi connectivity index (χ2v) is 10.3. The predicted octanol–water partition coefficient (Wildman–Crippen LogP) is 6.22. The summed E-state index contributed by atoms with van der Waals surface area (Å²) in [5, 5.41) is 11.4. The summed E-state index contributed by atoms with van der Waals surface area (Å²) in [7, 11) is 0. The summed E-state index contributed by atoms with van der Waals surface area (Å²) in [4.78, 5) is 6.63. The van der Waals surface area contributed by atoms with Crippen molar-refractivity contribution in [2.75, 3.05) is 6.54 Å². The second-order valence-electron chi connectivity index (χ2n) is 8.78. The predicted molar refractivity (Wildman–Crippen MR) is 133 cm³/mol. The Balaban J connectivity index is 1.73. The summed E-state index contributed by atoms with van der Waals surface area (Å²) >= 11 is 8.51. The number of aryl methyl sites for hydroxylation is 1. The molecular weight excluding hydrogens is 438 g/mol. The van der Waals surface area contributed by atoms with Gasteiger partial charge in [0.15, 0.2) is 5.82 Å². The fourth-order valence-electron chi connectivity index (χ4n) is 4.96. The van der Waals surface area contributed by atoms with Gasteiger partial charge in [-0.15, -0.1) is 21.5 Å². The van der Waals surface area contributed by atoms with Gasteiger partial charge in [0, 0.05) is 26.9 Å². The highest BCUT2D eigenvalue weighted by atomic mass is 35.5. The average Bonchev–Trinajstić information content (AvgIpc) is 3.42. The van der Waals surface area contributed by atoms with Crippen molar-refractivity contribution in [2.45, 2.75) is 70.3 Å². The van der Waals surface area contributed by atoms with Crippen molar-refractivity contribution in [1.82, 2.24) is 14.8 Å². The maximum absolute atomic E-state index is 6.68. The number of hydrogen-bond acceptors (Lipinski definition) is 5. The van der Waals surface area contributed by atoms with Gasteiger partial charge in [-0.3, -0.25) is 9.56 Å². The van der Waals surface area contributed by atoms with E-state index in [4.69, 9.17) is 32.5 Å². The number of thiophene rings is 1. The molecular formula is C25H30ClN5S. The van der Waals surface area contributed by atoms with Crippen molar-refractivity contribution in [3.63, 3.8) is 0 Å². The fraction of sp³-hybridized carbons (Fsp3) is 0.480. The van der Waals surface area contributed by atoms with Crippen LogP contribution in [-0.4, -0.2) is 27.0 Å². The van der Waals surface area contributed by atoms with Gasteiger partial charge < -0.3 is 5.73 Å². The summed E-state index contributed by atoms with van der Waals surface area (Å²) in [5.41, 5.74) is 8.98. The Morgan fingerprint density at radius 2 is 1.88 bits per heavy atom. The molecule has 1 fully saturated rings. The molecule has 168 valence electrons. The number of aliphatic imine (C=N–C) groups is 1. The van der Waals surface area contributed by atoms with Crippen LogP contribution in [0.4, 0.5) is 0 Å². The van der Waals surface area contributed by atoms with Gasteiger partial charge in [-0.05, 0) is 50.8 Å². The summed E-state index contributed by atoms with van der Waals surface area (Å²) in [6.07, 6.45) is 8.95. The molecule has 0 spiro atoms. The van der Waals surface area contributed by atoms with Gasteiger partial charge in [0.25, 0.3) is 0 Å². The van der Waals surface area contributed by atoms with Crippen molar-refractivity contribution in [2.24, 2.45) is 10.7 Å².